The number of hydrogen-bond donors (Lipinski definition) is 3. The fourth-order valence-corrected chi connectivity index (χ4v) is 3.75. The van der Waals surface area contributed by atoms with Crippen LogP contribution in [0.5, 0.6) is 0 Å². The molecule has 3 aromatic carbocycles. The third-order valence-electron chi connectivity index (χ3n) is 5.16. The molecule has 0 bridgehead atoms. The van der Waals surface area contributed by atoms with Gasteiger partial charge in [-0.05, 0) is 59.5 Å². The first-order valence-corrected chi connectivity index (χ1v) is 10.0. The number of halogens is 2. The fraction of sp³-hybridized carbons (Fsp3) is 0.125. The molecule has 0 radical (unpaired) electrons. The number of primary amides is 1. The zero-order valence-electron chi connectivity index (χ0n) is 16.2. The number of carbonyl (C=O) groups is 1. The van der Waals surface area contributed by atoms with Crippen molar-refractivity contribution in [3.05, 3.63) is 106 Å². The standard InChI is InChI=1S/C24H21ClFN3O/c25-21-2-1-3-22(26)20(21)14-28-12-16-6-9-23-19(11-16)18(13-29-23)10-15-4-7-17(8-5-15)24(27)30/h1-9,11,13,28-29H,10,12,14H2,(H2,27,30). The predicted molar refractivity (Wildman–Crippen MR) is 118 cm³/mol. The molecule has 152 valence electrons. The summed E-state index contributed by atoms with van der Waals surface area (Å²) in [5, 5.41) is 4.82. The average Bonchev–Trinajstić information content (AvgIpc) is 3.13. The molecule has 1 aromatic heterocycles. The topological polar surface area (TPSA) is 70.9 Å². The quantitative estimate of drug-likeness (QED) is 0.395. The van der Waals surface area contributed by atoms with Gasteiger partial charge in [0.05, 0.1) is 0 Å². The smallest absolute Gasteiger partial charge is 0.248 e. The van der Waals surface area contributed by atoms with Gasteiger partial charge in [-0.25, -0.2) is 4.39 Å². The van der Waals surface area contributed by atoms with Gasteiger partial charge in [0.2, 0.25) is 5.91 Å². The fourth-order valence-electron chi connectivity index (χ4n) is 3.52. The van der Waals surface area contributed by atoms with Crippen LogP contribution in [0.1, 0.15) is 32.6 Å². The second kappa shape index (κ2) is 8.69. The van der Waals surface area contributed by atoms with Gasteiger partial charge in [-0.2, -0.15) is 0 Å². The lowest BCUT2D eigenvalue weighted by Crippen LogP contribution is -2.14. The molecule has 4 aromatic rings. The van der Waals surface area contributed by atoms with E-state index >= 15 is 0 Å². The number of nitrogens with one attached hydrogen (secondary N) is 2. The van der Waals surface area contributed by atoms with Crippen LogP contribution in [-0.4, -0.2) is 10.9 Å². The summed E-state index contributed by atoms with van der Waals surface area (Å²) in [5.41, 5.74) is 10.7. The molecule has 1 heterocycles. The van der Waals surface area contributed by atoms with Crippen molar-refractivity contribution in [1.29, 1.82) is 0 Å². The van der Waals surface area contributed by atoms with E-state index in [0.29, 0.717) is 29.2 Å². The Morgan fingerprint density at radius 3 is 2.53 bits per heavy atom. The summed E-state index contributed by atoms with van der Waals surface area (Å²) in [4.78, 5) is 14.5. The van der Waals surface area contributed by atoms with Crippen LogP contribution in [0.2, 0.25) is 5.02 Å². The van der Waals surface area contributed by atoms with Gasteiger partial charge in [0.1, 0.15) is 5.82 Å². The lowest BCUT2D eigenvalue weighted by Gasteiger charge is -2.09. The lowest BCUT2D eigenvalue weighted by atomic mass is 10.0. The van der Waals surface area contributed by atoms with Crippen LogP contribution in [-0.2, 0) is 19.5 Å². The van der Waals surface area contributed by atoms with E-state index in [1.54, 1.807) is 24.3 Å². The SMILES string of the molecule is NC(=O)c1ccc(Cc2c[nH]c3ccc(CNCc4c(F)cccc4Cl)cc23)cc1. The van der Waals surface area contributed by atoms with Gasteiger partial charge in [0.15, 0.2) is 0 Å². The number of rotatable bonds is 7. The van der Waals surface area contributed by atoms with Gasteiger partial charge >= 0.3 is 0 Å². The minimum Gasteiger partial charge on any atom is -0.366 e. The molecule has 0 fully saturated rings. The van der Waals surface area contributed by atoms with Crippen molar-refractivity contribution in [2.45, 2.75) is 19.5 Å². The molecular formula is C24H21ClFN3O. The van der Waals surface area contributed by atoms with Gasteiger partial charge in [0.25, 0.3) is 0 Å². The maximum atomic E-state index is 13.9. The number of carbonyl (C=O) groups excluding carboxylic acids is 1. The summed E-state index contributed by atoms with van der Waals surface area (Å²) in [6.45, 7) is 0.953. The van der Waals surface area contributed by atoms with Crippen LogP contribution in [0, 0.1) is 5.82 Å². The number of aromatic amines is 1. The molecule has 0 spiro atoms. The Hall–Kier alpha value is -3.15. The van der Waals surface area contributed by atoms with Crippen molar-refractivity contribution in [2.24, 2.45) is 5.73 Å². The molecule has 0 unspecified atom stereocenters. The first-order chi connectivity index (χ1) is 14.5. The van der Waals surface area contributed by atoms with Crippen LogP contribution in [0.25, 0.3) is 10.9 Å². The first kappa shape index (κ1) is 20.1. The van der Waals surface area contributed by atoms with E-state index in [4.69, 9.17) is 17.3 Å². The lowest BCUT2D eigenvalue weighted by molar-refractivity contribution is 0.100. The summed E-state index contributed by atoms with van der Waals surface area (Å²) in [5.74, 6) is -0.733. The second-order valence-corrected chi connectivity index (χ2v) is 7.64. The molecule has 4 nitrogen and oxygen atoms in total. The third kappa shape index (κ3) is 4.37. The van der Waals surface area contributed by atoms with E-state index < -0.39 is 5.91 Å². The summed E-state index contributed by atoms with van der Waals surface area (Å²) < 4.78 is 13.9. The van der Waals surface area contributed by atoms with Crippen LogP contribution in [0.4, 0.5) is 4.39 Å². The predicted octanol–water partition coefficient (Wildman–Crippen LogP) is 4.94. The van der Waals surface area contributed by atoms with E-state index in [1.165, 1.54) is 6.07 Å². The molecule has 0 saturated carbocycles. The maximum absolute atomic E-state index is 13.9. The molecule has 0 saturated heterocycles. The van der Waals surface area contributed by atoms with Crippen molar-refractivity contribution < 1.29 is 9.18 Å². The average molecular weight is 422 g/mol. The second-order valence-electron chi connectivity index (χ2n) is 7.24. The van der Waals surface area contributed by atoms with Crippen LogP contribution < -0.4 is 11.1 Å². The highest BCUT2D eigenvalue weighted by atomic mass is 35.5. The highest BCUT2D eigenvalue weighted by Gasteiger charge is 2.09. The molecule has 4 N–H and O–H groups in total. The molecule has 0 aliphatic heterocycles. The number of H-pyrrole nitrogens is 1. The molecule has 6 heteroatoms. The Morgan fingerprint density at radius 2 is 1.80 bits per heavy atom. The Labute approximate surface area is 178 Å². The van der Waals surface area contributed by atoms with Crippen molar-refractivity contribution in [3.8, 4) is 0 Å². The third-order valence-corrected chi connectivity index (χ3v) is 5.51. The van der Waals surface area contributed by atoms with Crippen molar-refractivity contribution in [3.63, 3.8) is 0 Å². The zero-order valence-corrected chi connectivity index (χ0v) is 17.0. The van der Waals surface area contributed by atoms with Crippen LogP contribution >= 0.6 is 11.6 Å². The van der Waals surface area contributed by atoms with Gasteiger partial charge < -0.3 is 16.0 Å². The Kier molecular flexibility index (Phi) is 5.84. The number of aromatic nitrogens is 1. The molecule has 0 aliphatic rings. The van der Waals surface area contributed by atoms with Crippen molar-refractivity contribution in [1.82, 2.24) is 10.3 Å². The minimum absolute atomic E-state index is 0.305. The summed E-state index contributed by atoms with van der Waals surface area (Å²) in [6, 6.07) is 18.3. The summed E-state index contributed by atoms with van der Waals surface area (Å²) in [6.07, 6.45) is 2.74. The Balaban J connectivity index is 1.48. The monoisotopic (exact) mass is 421 g/mol. The first-order valence-electron chi connectivity index (χ1n) is 9.62. The molecule has 30 heavy (non-hydrogen) atoms. The number of benzene rings is 3. The van der Waals surface area contributed by atoms with E-state index in [9.17, 15) is 9.18 Å². The molecule has 4 rings (SSSR count). The molecular weight excluding hydrogens is 401 g/mol. The normalized spacial score (nSPS) is 11.1. The van der Waals surface area contributed by atoms with Crippen molar-refractivity contribution in [2.75, 3.05) is 0 Å². The van der Waals surface area contributed by atoms with Gasteiger partial charge in [0, 0.05) is 46.3 Å². The molecule has 0 aliphatic carbocycles. The Morgan fingerprint density at radius 1 is 1.03 bits per heavy atom. The van der Waals surface area contributed by atoms with Gasteiger partial charge in [-0.1, -0.05) is 35.9 Å². The highest BCUT2D eigenvalue weighted by molar-refractivity contribution is 6.31. The van der Waals surface area contributed by atoms with E-state index in [2.05, 4.69) is 16.4 Å². The zero-order chi connectivity index (χ0) is 21.1. The van der Waals surface area contributed by atoms with Crippen molar-refractivity contribution >= 4 is 28.4 Å². The number of hydrogen-bond acceptors (Lipinski definition) is 2. The molecule has 1 amide bonds. The number of nitrogens with two attached hydrogens (primary N) is 1. The Bertz CT molecular complexity index is 1180. The summed E-state index contributed by atoms with van der Waals surface area (Å²) >= 11 is 6.09. The highest BCUT2D eigenvalue weighted by Crippen LogP contribution is 2.23. The van der Waals surface area contributed by atoms with E-state index in [-0.39, 0.29) is 5.82 Å². The number of amides is 1. The van der Waals surface area contributed by atoms with E-state index in [1.807, 2.05) is 30.5 Å². The van der Waals surface area contributed by atoms with Gasteiger partial charge in [-0.3, -0.25) is 4.79 Å². The maximum Gasteiger partial charge on any atom is 0.248 e. The van der Waals surface area contributed by atoms with Crippen LogP contribution in [0.3, 0.4) is 0 Å². The minimum atomic E-state index is -0.428. The van der Waals surface area contributed by atoms with Crippen LogP contribution in [0.15, 0.2) is 66.9 Å². The largest absolute Gasteiger partial charge is 0.366 e. The number of fused-ring (bicyclic) bond motifs is 1. The van der Waals surface area contributed by atoms with E-state index in [0.717, 1.165) is 34.0 Å². The molecule has 0 atom stereocenters. The summed E-state index contributed by atoms with van der Waals surface area (Å²) in [7, 11) is 0. The van der Waals surface area contributed by atoms with Gasteiger partial charge in [-0.15, -0.1) is 0 Å².